The van der Waals surface area contributed by atoms with Gasteiger partial charge in [-0.2, -0.15) is 0 Å². The molecule has 1 amide bonds. The van der Waals surface area contributed by atoms with E-state index in [2.05, 4.69) is 10.3 Å². The lowest BCUT2D eigenvalue weighted by Crippen LogP contribution is -2.33. The second-order valence-electron chi connectivity index (χ2n) is 4.71. The summed E-state index contributed by atoms with van der Waals surface area (Å²) in [5.41, 5.74) is 3.08. The van der Waals surface area contributed by atoms with Gasteiger partial charge in [-0.15, -0.1) is 0 Å². The molecular weight excluding hydrogens is 246 g/mol. The number of fused-ring (bicyclic) bond motifs is 1. The Morgan fingerprint density at radius 1 is 1.50 bits per heavy atom. The molecule has 0 fully saturated rings. The molecule has 0 radical (unpaired) electrons. The highest BCUT2D eigenvalue weighted by molar-refractivity contribution is 7.71. The van der Waals surface area contributed by atoms with Crippen LogP contribution in [-0.2, 0) is 11.3 Å². The molecule has 2 aromatic rings. The van der Waals surface area contributed by atoms with Crippen molar-refractivity contribution in [3.8, 4) is 0 Å². The zero-order valence-corrected chi connectivity index (χ0v) is 11.6. The molecular formula is C13H17N3OS. The fraction of sp³-hybridized carbons (Fsp3) is 0.385. The quantitative estimate of drug-likeness (QED) is 0.836. The number of aryl methyl sites for hydroxylation is 1. The minimum Gasteiger partial charge on any atom is -0.352 e. The summed E-state index contributed by atoms with van der Waals surface area (Å²) in [5.74, 6) is -0.0229. The van der Waals surface area contributed by atoms with E-state index in [1.54, 1.807) is 0 Å². The molecule has 0 aliphatic carbocycles. The van der Waals surface area contributed by atoms with Gasteiger partial charge in [0.15, 0.2) is 4.77 Å². The normalized spacial score (nSPS) is 11.1. The molecule has 1 heterocycles. The zero-order chi connectivity index (χ0) is 13.3. The highest BCUT2D eigenvalue weighted by atomic mass is 32.1. The molecule has 2 rings (SSSR count). The molecule has 0 unspecified atom stereocenters. The van der Waals surface area contributed by atoms with Gasteiger partial charge < -0.3 is 14.9 Å². The van der Waals surface area contributed by atoms with Crippen molar-refractivity contribution in [3.63, 3.8) is 0 Å². The van der Waals surface area contributed by atoms with Crippen molar-refractivity contribution in [2.45, 2.75) is 33.4 Å². The van der Waals surface area contributed by atoms with Gasteiger partial charge in [-0.1, -0.05) is 12.1 Å². The molecule has 0 aliphatic rings. The van der Waals surface area contributed by atoms with Crippen LogP contribution >= 0.6 is 12.2 Å². The average Bonchev–Trinajstić information content (AvgIpc) is 2.55. The van der Waals surface area contributed by atoms with E-state index in [0.717, 1.165) is 16.6 Å². The first-order valence-electron chi connectivity index (χ1n) is 5.96. The van der Waals surface area contributed by atoms with E-state index < -0.39 is 0 Å². The summed E-state index contributed by atoms with van der Waals surface area (Å²) in [5, 5.41) is 2.87. The number of carbonyl (C=O) groups is 1. The molecule has 4 nitrogen and oxygen atoms in total. The number of nitrogens with zero attached hydrogens (tertiary/aromatic N) is 1. The van der Waals surface area contributed by atoms with Gasteiger partial charge in [-0.05, 0) is 44.6 Å². The van der Waals surface area contributed by atoms with Crippen molar-refractivity contribution >= 4 is 29.2 Å². The van der Waals surface area contributed by atoms with E-state index in [-0.39, 0.29) is 18.5 Å². The Morgan fingerprint density at radius 2 is 2.22 bits per heavy atom. The van der Waals surface area contributed by atoms with Crippen LogP contribution in [-0.4, -0.2) is 21.5 Å². The molecule has 0 aliphatic heterocycles. The lowest BCUT2D eigenvalue weighted by Gasteiger charge is -2.10. The summed E-state index contributed by atoms with van der Waals surface area (Å²) in [7, 11) is 0. The van der Waals surface area contributed by atoms with Gasteiger partial charge in [-0.25, -0.2) is 0 Å². The predicted molar refractivity (Wildman–Crippen MR) is 75.1 cm³/mol. The summed E-state index contributed by atoms with van der Waals surface area (Å²) in [6.07, 6.45) is 0. The van der Waals surface area contributed by atoms with Gasteiger partial charge in [0, 0.05) is 6.04 Å². The summed E-state index contributed by atoms with van der Waals surface area (Å²) >= 11 is 5.27. The van der Waals surface area contributed by atoms with Gasteiger partial charge in [0.05, 0.1) is 11.0 Å². The summed E-state index contributed by atoms with van der Waals surface area (Å²) in [6, 6.07) is 6.09. The van der Waals surface area contributed by atoms with Crippen LogP contribution in [0.4, 0.5) is 0 Å². The number of H-pyrrole nitrogens is 1. The lowest BCUT2D eigenvalue weighted by molar-refractivity contribution is -0.122. The minimum absolute atomic E-state index is 0.0229. The van der Waals surface area contributed by atoms with Crippen LogP contribution in [0.2, 0.25) is 0 Å². The molecule has 96 valence electrons. The Morgan fingerprint density at radius 3 is 2.89 bits per heavy atom. The number of amides is 1. The largest absolute Gasteiger partial charge is 0.352 e. The molecule has 1 aromatic heterocycles. The molecule has 2 N–H and O–H groups in total. The fourth-order valence-electron chi connectivity index (χ4n) is 2.06. The third kappa shape index (κ3) is 2.46. The molecule has 0 spiro atoms. The van der Waals surface area contributed by atoms with Gasteiger partial charge in [0.1, 0.15) is 6.54 Å². The Kier molecular flexibility index (Phi) is 3.52. The summed E-state index contributed by atoms with van der Waals surface area (Å²) < 4.78 is 2.43. The molecule has 0 atom stereocenters. The van der Waals surface area contributed by atoms with E-state index in [4.69, 9.17) is 12.2 Å². The maximum Gasteiger partial charge on any atom is 0.240 e. The Hall–Kier alpha value is -1.62. The number of para-hydroxylation sites is 1. The van der Waals surface area contributed by atoms with Crippen LogP contribution in [0.5, 0.6) is 0 Å². The second kappa shape index (κ2) is 4.94. The first-order chi connectivity index (χ1) is 8.49. The van der Waals surface area contributed by atoms with Crippen molar-refractivity contribution in [2.24, 2.45) is 0 Å². The number of nitrogens with one attached hydrogen (secondary N) is 2. The number of benzene rings is 1. The van der Waals surface area contributed by atoms with Crippen molar-refractivity contribution in [3.05, 3.63) is 28.5 Å². The molecule has 5 heteroatoms. The number of hydrogen-bond donors (Lipinski definition) is 2. The average molecular weight is 263 g/mol. The molecule has 1 aromatic carbocycles. The van der Waals surface area contributed by atoms with Crippen LogP contribution in [0.25, 0.3) is 11.0 Å². The van der Waals surface area contributed by atoms with Crippen molar-refractivity contribution in [1.29, 1.82) is 0 Å². The lowest BCUT2D eigenvalue weighted by atomic mass is 10.2. The predicted octanol–water partition coefficient (Wildman–Crippen LogP) is 2.53. The first-order valence-corrected chi connectivity index (χ1v) is 6.37. The molecule has 0 bridgehead atoms. The number of rotatable bonds is 3. The Labute approximate surface area is 111 Å². The number of imidazole rings is 1. The first kappa shape index (κ1) is 12.8. The zero-order valence-electron chi connectivity index (χ0n) is 10.8. The van der Waals surface area contributed by atoms with E-state index >= 15 is 0 Å². The maximum absolute atomic E-state index is 11.8. The van der Waals surface area contributed by atoms with Crippen LogP contribution in [0.15, 0.2) is 18.2 Å². The van der Waals surface area contributed by atoms with Gasteiger partial charge >= 0.3 is 0 Å². The van der Waals surface area contributed by atoms with Crippen LogP contribution in [0.3, 0.4) is 0 Å². The van der Waals surface area contributed by atoms with E-state index in [1.807, 2.05) is 43.5 Å². The number of aromatic amines is 1. The van der Waals surface area contributed by atoms with Crippen molar-refractivity contribution in [2.75, 3.05) is 0 Å². The monoisotopic (exact) mass is 263 g/mol. The Bertz CT molecular complexity index is 639. The van der Waals surface area contributed by atoms with Crippen LogP contribution < -0.4 is 5.32 Å². The number of carbonyl (C=O) groups excluding carboxylic acids is 1. The highest BCUT2D eigenvalue weighted by Crippen LogP contribution is 2.18. The van der Waals surface area contributed by atoms with E-state index in [0.29, 0.717) is 4.77 Å². The fourth-order valence-corrected chi connectivity index (χ4v) is 2.33. The Balaban J connectivity index is 2.42. The maximum atomic E-state index is 11.8. The third-order valence-electron chi connectivity index (χ3n) is 2.75. The van der Waals surface area contributed by atoms with Gasteiger partial charge in [0.25, 0.3) is 0 Å². The SMILES string of the molecule is Cc1cccc2[nH]c(=S)n(CC(=O)NC(C)C)c12. The molecule has 0 saturated carbocycles. The third-order valence-corrected chi connectivity index (χ3v) is 3.07. The van der Waals surface area contributed by atoms with Gasteiger partial charge in [0.2, 0.25) is 5.91 Å². The molecule has 0 saturated heterocycles. The highest BCUT2D eigenvalue weighted by Gasteiger charge is 2.10. The minimum atomic E-state index is -0.0229. The topological polar surface area (TPSA) is 49.8 Å². The summed E-state index contributed by atoms with van der Waals surface area (Å²) in [6.45, 7) is 6.15. The van der Waals surface area contributed by atoms with E-state index in [9.17, 15) is 4.79 Å². The second-order valence-corrected chi connectivity index (χ2v) is 5.10. The standard InChI is InChI=1S/C13H17N3OS/c1-8(2)14-11(17)7-16-12-9(3)5-4-6-10(12)15-13(16)18/h4-6,8H,7H2,1-3H3,(H,14,17)(H,15,18). The van der Waals surface area contributed by atoms with Crippen molar-refractivity contribution in [1.82, 2.24) is 14.9 Å². The van der Waals surface area contributed by atoms with Crippen LogP contribution in [0, 0.1) is 11.7 Å². The van der Waals surface area contributed by atoms with Gasteiger partial charge in [-0.3, -0.25) is 4.79 Å². The van der Waals surface area contributed by atoms with Crippen molar-refractivity contribution < 1.29 is 4.79 Å². The number of hydrogen-bond acceptors (Lipinski definition) is 2. The van der Waals surface area contributed by atoms with E-state index in [1.165, 1.54) is 0 Å². The molecule has 18 heavy (non-hydrogen) atoms. The smallest absolute Gasteiger partial charge is 0.240 e. The number of aromatic nitrogens is 2. The van der Waals surface area contributed by atoms with Crippen LogP contribution in [0.1, 0.15) is 19.4 Å². The summed E-state index contributed by atoms with van der Waals surface area (Å²) in [4.78, 5) is 15.0.